The second kappa shape index (κ2) is 9.13. The van der Waals surface area contributed by atoms with E-state index in [1.807, 2.05) is 0 Å². The van der Waals surface area contributed by atoms with Gasteiger partial charge in [-0.25, -0.2) is 4.79 Å². The minimum absolute atomic E-state index is 0.814. The molecular formula is C15H20O11. The molecule has 0 aromatic carbocycles. The predicted octanol–water partition coefficient (Wildman–Crippen LogP) is -0.757. The van der Waals surface area contributed by atoms with Crippen molar-refractivity contribution in [1.29, 1.82) is 0 Å². The Kier molecular flexibility index (Phi) is 7.50. The van der Waals surface area contributed by atoms with Crippen molar-refractivity contribution in [2.75, 3.05) is 7.11 Å². The van der Waals surface area contributed by atoms with Gasteiger partial charge in [0.1, 0.15) is 0 Å². The first-order chi connectivity index (χ1) is 12.1. The summed E-state index contributed by atoms with van der Waals surface area (Å²) >= 11 is 0. The van der Waals surface area contributed by atoms with Crippen LogP contribution in [0.15, 0.2) is 0 Å². The van der Waals surface area contributed by atoms with E-state index in [9.17, 15) is 24.0 Å². The van der Waals surface area contributed by atoms with Gasteiger partial charge in [-0.3, -0.25) is 19.2 Å². The third-order valence-corrected chi connectivity index (χ3v) is 3.12. The molecule has 0 spiro atoms. The van der Waals surface area contributed by atoms with Gasteiger partial charge in [-0.2, -0.15) is 0 Å². The van der Waals surface area contributed by atoms with E-state index >= 15 is 0 Å². The molecule has 146 valence electrons. The molecule has 1 unspecified atom stereocenters. The van der Waals surface area contributed by atoms with Gasteiger partial charge in [-0.05, 0) is 0 Å². The molecule has 26 heavy (non-hydrogen) atoms. The molecule has 0 aromatic heterocycles. The van der Waals surface area contributed by atoms with E-state index in [2.05, 4.69) is 4.74 Å². The molecule has 0 bridgehead atoms. The van der Waals surface area contributed by atoms with Crippen LogP contribution in [0.5, 0.6) is 0 Å². The molecule has 1 saturated heterocycles. The quantitative estimate of drug-likeness (QED) is 0.441. The minimum atomic E-state index is -1.60. The monoisotopic (exact) mass is 376 g/mol. The third kappa shape index (κ3) is 5.69. The lowest BCUT2D eigenvalue weighted by molar-refractivity contribution is -0.294. The van der Waals surface area contributed by atoms with Crippen LogP contribution in [0.2, 0.25) is 0 Å². The number of ether oxygens (including phenoxy) is 6. The van der Waals surface area contributed by atoms with Crippen molar-refractivity contribution in [3.63, 3.8) is 0 Å². The van der Waals surface area contributed by atoms with Gasteiger partial charge in [0.2, 0.25) is 12.4 Å². The normalized spacial score (nSPS) is 27.7. The van der Waals surface area contributed by atoms with Crippen LogP contribution in [0.4, 0.5) is 0 Å². The first-order valence-corrected chi connectivity index (χ1v) is 7.49. The van der Waals surface area contributed by atoms with Crippen LogP contribution < -0.4 is 0 Å². The Morgan fingerprint density at radius 2 is 1.08 bits per heavy atom. The molecule has 1 heterocycles. The van der Waals surface area contributed by atoms with E-state index in [-0.39, 0.29) is 0 Å². The van der Waals surface area contributed by atoms with Crippen molar-refractivity contribution >= 4 is 29.8 Å². The van der Waals surface area contributed by atoms with E-state index in [4.69, 9.17) is 23.7 Å². The Balaban J connectivity index is 3.37. The van der Waals surface area contributed by atoms with Crippen LogP contribution >= 0.6 is 0 Å². The molecule has 0 aromatic rings. The second-order valence-electron chi connectivity index (χ2n) is 5.28. The molecule has 11 heteroatoms. The molecule has 0 aliphatic carbocycles. The van der Waals surface area contributed by atoms with Crippen LogP contribution in [-0.2, 0) is 52.4 Å². The maximum atomic E-state index is 12.0. The zero-order chi connectivity index (χ0) is 20.0. The van der Waals surface area contributed by atoms with E-state index < -0.39 is 60.6 Å². The maximum absolute atomic E-state index is 12.0. The summed E-state index contributed by atoms with van der Waals surface area (Å²) in [5.41, 5.74) is 0. The highest BCUT2D eigenvalue weighted by Gasteiger charge is 2.56. The van der Waals surface area contributed by atoms with Crippen LogP contribution in [-0.4, -0.2) is 67.7 Å². The van der Waals surface area contributed by atoms with Crippen LogP contribution in [0.1, 0.15) is 27.7 Å². The summed E-state index contributed by atoms with van der Waals surface area (Å²) in [6, 6.07) is 0. The fourth-order valence-corrected chi connectivity index (χ4v) is 2.34. The number of esters is 5. The summed E-state index contributed by atoms with van der Waals surface area (Å²) in [6.45, 7) is 4.22. The number of carbonyl (C=O) groups is 5. The van der Waals surface area contributed by atoms with E-state index in [1.54, 1.807) is 0 Å². The molecule has 0 N–H and O–H groups in total. The Morgan fingerprint density at radius 1 is 0.654 bits per heavy atom. The first kappa shape index (κ1) is 21.4. The van der Waals surface area contributed by atoms with Gasteiger partial charge in [-0.1, -0.05) is 0 Å². The zero-order valence-electron chi connectivity index (χ0n) is 14.9. The third-order valence-electron chi connectivity index (χ3n) is 3.12. The van der Waals surface area contributed by atoms with E-state index in [1.165, 1.54) is 0 Å². The molecule has 0 saturated carbocycles. The number of methoxy groups -OCH3 is 1. The SMILES string of the molecule is COC(=O)[C@H]1OC(OC(C)=O)[C@H](OC(C)=O)[C@@H](OC(C)=O)[C@H]1OC(C)=O. The fraction of sp³-hybridized carbons (Fsp3) is 0.667. The fourth-order valence-electron chi connectivity index (χ4n) is 2.34. The standard InChI is InChI=1S/C15H20O11/c1-6(16)22-10-11(23-7(2)17)13(24-8(3)18)15(25-9(4)19)26-12(10)14(20)21-5/h10-13,15H,1-5H3/t10-,11+,12+,13-,15?/m1/s1. The topological polar surface area (TPSA) is 141 Å². The smallest absolute Gasteiger partial charge is 0.339 e. The van der Waals surface area contributed by atoms with Crippen LogP contribution in [0.25, 0.3) is 0 Å². The summed E-state index contributed by atoms with van der Waals surface area (Å²) in [6.07, 6.45) is -7.66. The maximum Gasteiger partial charge on any atom is 0.339 e. The Bertz CT molecular complexity index is 584. The number of rotatable bonds is 5. The Morgan fingerprint density at radius 3 is 1.50 bits per heavy atom. The summed E-state index contributed by atoms with van der Waals surface area (Å²) in [7, 11) is 1.05. The predicted molar refractivity (Wildman–Crippen MR) is 79.1 cm³/mol. The Labute approximate surface area is 148 Å². The molecular weight excluding hydrogens is 356 g/mol. The van der Waals surface area contributed by atoms with Gasteiger partial charge < -0.3 is 28.4 Å². The molecule has 0 amide bonds. The lowest BCUT2D eigenvalue weighted by atomic mass is 9.97. The molecule has 1 rings (SSSR count). The molecule has 0 radical (unpaired) electrons. The summed E-state index contributed by atoms with van der Waals surface area (Å²) < 4.78 is 30.0. The van der Waals surface area contributed by atoms with Crippen molar-refractivity contribution in [1.82, 2.24) is 0 Å². The lowest BCUT2D eigenvalue weighted by Crippen LogP contribution is -2.64. The van der Waals surface area contributed by atoms with Gasteiger partial charge >= 0.3 is 29.8 Å². The first-order valence-electron chi connectivity index (χ1n) is 7.49. The van der Waals surface area contributed by atoms with Crippen molar-refractivity contribution in [3.8, 4) is 0 Å². The molecule has 11 nitrogen and oxygen atoms in total. The highest BCUT2D eigenvalue weighted by Crippen LogP contribution is 2.30. The summed E-state index contributed by atoms with van der Waals surface area (Å²) in [4.78, 5) is 57.7. The largest absolute Gasteiger partial charge is 0.467 e. The van der Waals surface area contributed by atoms with Crippen molar-refractivity contribution in [2.45, 2.75) is 58.4 Å². The van der Waals surface area contributed by atoms with Crippen LogP contribution in [0, 0.1) is 0 Å². The highest BCUT2D eigenvalue weighted by molar-refractivity contribution is 5.77. The van der Waals surface area contributed by atoms with Crippen LogP contribution in [0.3, 0.4) is 0 Å². The molecule has 1 aliphatic rings. The summed E-state index contributed by atoms with van der Waals surface area (Å²) in [5, 5.41) is 0. The van der Waals surface area contributed by atoms with Gasteiger partial charge in [0.25, 0.3) is 0 Å². The van der Waals surface area contributed by atoms with Gasteiger partial charge in [0.05, 0.1) is 7.11 Å². The summed E-state index contributed by atoms with van der Waals surface area (Å²) in [5.74, 6) is -4.25. The molecule has 1 aliphatic heterocycles. The van der Waals surface area contributed by atoms with E-state index in [0.717, 1.165) is 34.8 Å². The average Bonchev–Trinajstić information content (AvgIpc) is 2.50. The number of hydrogen-bond donors (Lipinski definition) is 0. The molecule has 5 atom stereocenters. The van der Waals surface area contributed by atoms with E-state index in [0.29, 0.717) is 0 Å². The number of hydrogen-bond acceptors (Lipinski definition) is 11. The highest BCUT2D eigenvalue weighted by atomic mass is 16.7. The minimum Gasteiger partial charge on any atom is -0.467 e. The zero-order valence-corrected chi connectivity index (χ0v) is 14.9. The van der Waals surface area contributed by atoms with Gasteiger partial charge in [0.15, 0.2) is 18.3 Å². The van der Waals surface area contributed by atoms with Crippen molar-refractivity contribution < 1.29 is 52.4 Å². The van der Waals surface area contributed by atoms with Crippen molar-refractivity contribution in [2.24, 2.45) is 0 Å². The molecule has 1 fully saturated rings. The Hall–Kier alpha value is -2.69. The number of carbonyl (C=O) groups excluding carboxylic acids is 5. The second-order valence-corrected chi connectivity index (χ2v) is 5.28. The van der Waals surface area contributed by atoms with Gasteiger partial charge in [-0.15, -0.1) is 0 Å². The lowest BCUT2D eigenvalue weighted by Gasteiger charge is -2.42. The van der Waals surface area contributed by atoms with Crippen molar-refractivity contribution in [3.05, 3.63) is 0 Å². The average molecular weight is 376 g/mol. The van der Waals surface area contributed by atoms with Gasteiger partial charge in [0, 0.05) is 27.7 Å².